The van der Waals surface area contributed by atoms with Crippen LogP contribution in [0.2, 0.25) is 0 Å². The molecule has 0 aliphatic carbocycles. The maximum Gasteiger partial charge on any atom is 0.0956 e. The molecule has 16 heavy (non-hydrogen) atoms. The summed E-state index contributed by atoms with van der Waals surface area (Å²) in [7, 11) is 0. The van der Waals surface area contributed by atoms with Crippen LogP contribution in [0.15, 0.2) is 36.7 Å². The smallest absolute Gasteiger partial charge is 0.0956 e. The average Bonchev–Trinajstić information content (AvgIpc) is 2.73. The summed E-state index contributed by atoms with van der Waals surface area (Å²) in [5.74, 6) is 0. The molecular formula is C13H15N3. The molecule has 0 amide bonds. The number of fused-ring (bicyclic) bond motifs is 1. The van der Waals surface area contributed by atoms with E-state index in [0.29, 0.717) is 0 Å². The number of nitrogens with two attached hydrogens (primary N) is 1. The Morgan fingerprint density at radius 2 is 2.06 bits per heavy atom. The van der Waals surface area contributed by atoms with Gasteiger partial charge in [-0.25, -0.2) is 4.98 Å². The van der Waals surface area contributed by atoms with E-state index in [2.05, 4.69) is 33.8 Å². The van der Waals surface area contributed by atoms with E-state index in [9.17, 15) is 0 Å². The Kier molecular flexibility index (Phi) is 2.26. The maximum atomic E-state index is 5.95. The van der Waals surface area contributed by atoms with Crippen LogP contribution in [-0.2, 0) is 13.0 Å². The normalized spacial score (nSPS) is 19.4. The van der Waals surface area contributed by atoms with Crippen LogP contribution < -0.4 is 5.73 Å². The van der Waals surface area contributed by atoms with Gasteiger partial charge in [0.1, 0.15) is 0 Å². The number of imidazole rings is 1. The molecule has 1 aliphatic heterocycles. The van der Waals surface area contributed by atoms with Crippen LogP contribution in [0.25, 0.3) is 11.3 Å². The van der Waals surface area contributed by atoms with Crippen LogP contribution in [0.1, 0.15) is 12.1 Å². The van der Waals surface area contributed by atoms with Gasteiger partial charge >= 0.3 is 0 Å². The first-order valence-corrected chi connectivity index (χ1v) is 5.69. The van der Waals surface area contributed by atoms with Crippen LogP contribution in [-0.4, -0.2) is 15.6 Å². The molecule has 1 aliphatic rings. The monoisotopic (exact) mass is 213 g/mol. The highest BCUT2D eigenvalue weighted by Gasteiger charge is 2.19. The van der Waals surface area contributed by atoms with Gasteiger partial charge < -0.3 is 10.3 Å². The fourth-order valence-electron chi connectivity index (χ4n) is 2.33. The lowest BCUT2D eigenvalue weighted by molar-refractivity contribution is 0.461. The fourth-order valence-corrected chi connectivity index (χ4v) is 2.33. The van der Waals surface area contributed by atoms with Crippen LogP contribution in [0.3, 0.4) is 0 Å². The van der Waals surface area contributed by atoms with Crippen molar-refractivity contribution in [3.63, 3.8) is 0 Å². The first-order valence-electron chi connectivity index (χ1n) is 5.69. The van der Waals surface area contributed by atoms with Crippen molar-refractivity contribution in [3.8, 4) is 11.3 Å². The summed E-state index contributed by atoms with van der Waals surface area (Å²) >= 11 is 0. The maximum absolute atomic E-state index is 5.95. The molecule has 2 N–H and O–H groups in total. The van der Waals surface area contributed by atoms with E-state index in [0.717, 1.165) is 25.1 Å². The Bertz CT molecular complexity index is 487. The highest BCUT2D eigenvalue weighted by molar-refractivity contribution is 5.62. The summed E-state index contributed by atoms with van der Waals surface area (Å²) in [5.41, 5.74) is 9.59. The minimum atomic E-state index is 0.283. The van der Waals surface area contributed by atoms with E-state index in [1.165, 1.54) is 11.3 Å². The molecule has 1 atom stereocenters. The van der Waals surface area contributed by atoms with Crippen LogP contribution in [0.5, 0.6) is 0 Å². The van der Waals surface area contributed by atoms with E-state index in [1.54, 1.807) is 0 Å². The Morgan fingerprint density at radius 3 is 2.88 bits per heavy atom. The molecule has 3 rings (SSSR count). The molecule has 3 nitrogen and oxygen atoms in total. The zero-order valence-electron chi connectivity index (χ0n) is 9.13. The van der Waals surface area contributed by atoms with E-state index in [1.807, 2.05) is 12.4 Å². The van der Waals surface area contributed by atoms with Gasteiger partial charge in [-0.2, -0.15) is 0 Å². The number of hydrogen-bond acceptors (Lipinski definition) is 2. The lowest BCUT2D eigenvalue weighted by Crippen LogP contribution is -2.31. The molecular weight excluding hydrogens is 198 g/mol. The SMILES string of the molecule is NC1CCc2c(-c3ccccc3)ncn2C1. The molecule has 1 aromatic heterocycles. The third-order valence-corrected chi connectivity index (χ3v) is 3.18. The zero-order chi connectivity index (χ0) is 11.0. The first-order chi connectivity index (χ1) is 7.84. The van der Waals surface area contributed by atoms with Crippen molar-refractivity contribution in [1.29, 1.82) is 0 Å². The number of nitrogens with zero attached hydrogens (tertiary/aromatic N) is 2. The predicted octanol–water partition coefficient (Wildman–Crippen LogP) is 1.82. The first kappa shape index (κ1) is 9.60. The molecule has 0 bridgehead atoms. The van der Waals surface area contributed by atoms with Crippen LogP contribution >= 0.6 is 0 Å². The summed E-state index contributed by atoms with van der Waals surface area (Å²) in [4.78, 5) is 4.51. The Balaban J connectivity index is 2.04. The summed E-state index contributed by atoms with van der Waals surface area (Å²) in [6, 6.07) is 10.6. The van der Waals surface area contributed by atoms with Gasteiger partial charge in [-0.1, -0.05) is 30.3 Å². The molecule has 2 heterocycles. The molecule has 3 heteroatoms. The minimum Gasteiger partial charge on any atom is -0.332 e. The summed E-state index contributed by atoms with van der Waals surface area (Å²) in [6.07, 6.45) is 4.01. The van der Waals surface area contributed by atoms with E-state index in [4.69, 9.17) is 5.73 Å². The Labute approximate surface area is 94.9 Å². The van der Waals surface area contributed by atoms with Gasteiger partial charge in [-0.15, -0.1) is 0 Å². The van der Waals surface area contributed by atoms with Crippen molar-refractivity contribution in [3.05, 3.63) is 42.4 Å². The number of hydrogen-bond donors (Lipinski definition) is 1. The molecule has 0 spiro atoms. The Hall–Kier alpha value is -1.61. The van der Waals surface area contributed by atoms with Crippen molar-refractivity contribution >= 4 is 0 Å². The third-order valence-electron chi connectivity index (χ3n) is 3.18. The van der Waals surface area contributed by atoms with Gasteiger partial charge in [0.15, 0.2) is 0 Å². The standard InChI is InChI=1S/C13H15N3/c14-11-6-7-12-13(15-9-16(12)8-11)10-4-2-1-3-5-10/h1-5,9,11H,6-8,14H2. The second-order valence-corrected chi connectivity index (χ2v) is 4.36. The lowest BCUT2D eigenvalue weighted by atomic mass is 10.0. The topological polar surface area (TPSA) is 43.8 Å². The van der Waals surface area contributed by atoms with Gasteiger partial charge in [0.2, 0.25) is 0 Å². The summed E-state index contributed by atoms with van der Waals surface area (Å²) < 4.78 is 2.19. The molecule has 0 radical (unpaired) electrons. The van der Waals surface area contributed by atoms with Crippen LogP contribution in [0, 0.1) is 0 Å². The molecule has 0 fully saturated rings. The van der Waals surface area contributed by atoms with Crippen molar-refractivity contribution in [1.82, 2.24) is 9.55 Å². The van der Waals surface area contributed by atoms with Crippen LogP contribution in [0.4, 0.5) is 0 Å². The second kappa shape index (κ2) is 3.76. The number of rotatable bonds is 1. The van der Waals surface area contributed by atoms with E-state index < -0.39 is 0 Å². The molecule has 2 aromatic rings. The summed E-state index contributed by atoms with van der Waals surface area (Å²) in [6.45, 7) is 0.898. The zero-order valence-corrected chi connectivity index (χ0v) is 9.13. The lowest BCUT2D eigenvalue weighted by Gasteiger charge is -2.21. The second-order valence-electron chi connectivity index (χ2n) is 4.36. The predicted molar refractivity (Wildman–Crippen MR) is 64.0 cm³/mol. The Morgan fingerprint density at radius 1 is 1.25 bits per heavy atom. The largest absolute Gasteiger partial charge is 0.332 e. The highest BCUT2D eigenvalue weighted by atomic mass is 15.1. The van der Waals surface area contributed by atoms with Gasteiger partial charge in [-0.3, -0.25) is 0 Å². The van der Waals surface area contributed by atoms with Crippen molar-refractivity contribution in [2.24, 2.45) is 5.73 Å². The van der Waals surface area contributed by atoms with Gasteiger partial charge in [0, 0.05) is 23.8 Å². The van der Waals surface area contributed by atoms with Gasteiger partial charge in [0.25, 0.3) is 0 Å². The number of benzene rings is 1. The minimum absolute atomic E-state index is 0.283. The molecule has 82 valence electrons. The molecule has 0 saturated carbocycles. The van der Waals surface area contributed by atoms with Gasteiger partial charge in [-0.05, 0) is 12.8 Å². The van der Waals surface area contributed by atoms with Gasteiger partial charge in [0.05, 0.1) is 12.0 Å². The summed E-state index contributed by atoms with van der Waals surface area (Å²) in [5, 5.41) is 0. The molecule has 1 aromatic carbocycles. The molecule has 1 unspecified atom stereocenters. The van der Waals surface area contributed by atoms with Crippen molar-refractivity contribution < 1.29 is 0 Å². The van der Waals surface area contributed by atoms with E-state index >= 15 is 0 Å². The quantitative estimate of drug-likeness (QED) is 0.785. The third kappa shape index (κ3) is 1.53. The number of aromatic nitrogens is 2. The molecule has 0 saturated heterocycles. The van der Waals surface area contributed by atoms with Crippen molar-refractivity contribution in [2.45, 2.75) is 25.4 Å². The highest BCUT2D eigenvalue weighted by Crippen LogP contribution is 2.26. The fraction of sp³-hybridized carbons (Fsp3) is 0.308. The van der Waals surface area contributed by atoms with Crippen molar-refractivity contribution in [2.75, 3.05) is 0 Å². The van der Waals surface area contributed by atoms with E-state index in [-0.39, 0.29) is 6.04 Å². The average molecular weight is 213 g/mol.